The van der Waals surface area contributed by atoms with Gasteiger partial charge in [0.15, 0.2) is 0 Å². The summed E-state index contributed by atoms with van der Waals surface area (Å²) in [5.41, 5.74) is 8.69. The Bertz CT molecular complexity index is 438. The molecule has 0 aliphatic heterocycles. The molecule has 13 heavy (non-hydrogen) atoms. The Morgan fingerprint density at radius 3 is 2.69 bits per heavy atom. The minimum atomic E-state index is 0. The summed E-state index contributed by atoms with van der Waals surface area (Å²) in [6.07, 6.45) is 0. The van der Waals surface area contributed by atoms with Crippen LogP contribution in [0.3, 0.4) is 0 Å². The Balaban J connectivity index is 0.000000845. The zero-order valence-electron chi connectivity index (χ0n) is 6.96. The predicted molar refractivity (Wildman–Crippen MR) is 58.5 cm³/mol. The topological polar surface area (TPSA) is 51.8 Å². The van der Waals surface area contributed by atoms with E-state index < -0.39 is 0 Å². The van der Waals surface area contributed by atoms with Crippen molar-refractivity contribution in [3.8, 4) is 0 Å². The molecular weight excluding hydrogens is 193 g/mol. The van der Waals surface area contributed by atoms with Crippen LogP contribution >= 0.6 is 11.3 Å². The van der Waals surface area contributed by atoms with Gasteiger partial charge in [0.1, 0.15) is 4.83 Å². The maximum atomic E-state index is 5.79. The van der Waals surface area contributed by atoms with E-state index in [1.54, 1.807) is 0 Å². The summed E-state index contributed by atoms with van der Waals surface area (Å²) in [6, 6.07) is 0. The van der Waals surface area contributed by atoms with Crippen LogP contribution in [0.25, 0.3) is 10.2 Å². The van der Waals surface area contributed by atoms with Crippen LogP contribution in [0.2, 0.25) is 0 Å². The Kier molecular flexibility index (Phi) is 3.29. The number of nitrogen functional groups attached to an aromatic ring is 1. The minimum absolute atomic E-state index is 0. The number of rotatable bonds is 0. The third kappa shape index (κ3) is 1.72. The van der Waals surface area contributed by atoms with Crippen LogP contribution in [0.15, 0.2) is 5.38 Å². The van der Waals surface area contributed by atoms with Gasteiger partial charge in [-0.2, -0.15) is 5.10 Å². The molecule has 5 heteroatoms. The van der Waals surface area contributed by atoms with E-state index in [0.29, 0.717) is 0 Å². The van der Waals surface area contributed by atoms with Crippen LogP contribution in [0.1, 0.15) is 11.3 Å². The van der Waals surface area contributed by atoms with Crippen LogP contribution in [-0.4, -0.2) is 39.8 Å². The number of anilines is 1. The predicted octanol–water partition coefficient (Wildman–Crippen LogP) is 1.24. The van der Waals surface area contributed by atoms with Gasteiger partial charge in [-0.1, -0.05) is 0 Å². The SMILES string of the molecule is Cc1nnc2scc(N)c2c1C.[NaH]. The second kappa shape index (κ2) is 3.92. The van der Waals surface area contributed by atoms with Crippen molar-refractivity contribution in [2.75, 3.05) is 5.73 Å². The van der Waals surface area contributed by atoms with Crippen molar-refractivity contribution in [2.24, 2.45) is 0 Å². The molecule has 3 nitrogen and oxygen atoms in total. The normalized spacial score (nSPS) is 10.0. The third-order valence-corrected chi connectivity index (χ3v) is 2.89. The molecule has 0 saturated heterocycles. The number of aryl methyl sites for hydroxylation is 2. The summed E-state index contributed by atoms with van der Waals surface area (Å²) in [5.74, 6) is 0. The monoisotopic (exact) mass is 203 g/mol. The van der Waals surface area contributed by atoms with Crippen LogP contribution in [0, 0.1) is 13.8 Å². The average Bonchev–Trinajstić information content (AvgIpc) is 2.41. The standard InChI is InChI=1S/C8H9N3S.Na.H/c1-4-5(2)10-11-8-7(4)6(9)3-12-8;;/h3H,9H2,1-2H3;;. The van der Waals surface area contributed by atoms with E-state index in [1.165, 1.54) is 11.3 Å². The third-order valence-electron chi connectivity index (χ3n) is 2.01. The van der Waals surface area contributed by atoms with Crippen LogP contribution in [0.5, 0.6) is 0 Å². The summed E-state index contributed by atoms with van der Waals surface area (Å²) in [5, 5.41) is 11.0. The van der Waals surface area contributed by atoms with Gasteiger partial charge in [-0.05, 0) is 19.4 Å². The Hall–Kier alpha value is -0.160. The molecular formula is C8H10N3NaS. The molecule has 0 aliphatic carbocycles. The molecule has 2 rings (SSSR count). The summed E-state index contributed by atoms with van der Waals surface area (Å²) < 4.78 is 0. The van der Waals surface area contributed by atoms with E-state index in [9.17, 15) is 0 Å². The molecule has 0 atom stereocenters. The summed E-state index contributed by atoms with van der Waals surface area (Å²) in [4.78, 5) is 0.926. The van der Waals surface area contributed by atoms with E-state index in [-0.39, 0.29) is 29.6 Å². The van der Waals surface area contributed by atoms with Gasteiger partial charge in [0.2, 0.25) is 0 Å². The van der Waals surface area contributed by atoms with Crippen molar-refractivity contribution in [1.82, 2.24) is 10.2 Å². The van der Waals surface area contributed by atoms with Gasteiger partial charge in [-0.25, -0.2) is 0 Å². The number of thiophene rings is 1. The molecule has 2 aromatic rings. The molecule has 64 valence electrons. The first-order chi connectivity index (χ1) is 5.70. The average molecular weight is 203 g/mol. The molecule has 0 amide bonds. The number of nitrogens with two attached hydrogens (primary N) is 1. The van der Waals surface area contributed by atoms with Gasteiger partial charge < -0.3 is 5.73 Å². The van der Waals surface area contributed by atoms with Crippen LogP contribution in [-0.2, 0) is 0 Å². The van der Waals surface area contributed by atoms with E-state index in [1.807, 2.05) is 19.2 Å². The molecule has 0 aromatic carbocycles. The molecule has 0 spiro atoms. The molecule has 0 unspecified atom stereocenters. The Labute approximate surface area is 103 Å². The van der Waals surface area contributed by atoms with Gasteiger partial charge in [0, 0.05) is 10.8 Å². The first-order valence-corrected chi connectivity index (χ1v) is 4.54. The van der Waals surface area contributed by atoms with E-state index in [2.05, 4.69) is 10.2 Å². The second-order valence-corrected chi connectivity index (χ2v) is 3.64. The van der Waals surface area contributed by atoms with Gasteiger partial charge in [-0.15, -0.1) is 16.4 Å². The molecule has 0 radical (unpaired) electrons. The Morgan fingerprint density at radius 2 is 2.00 bits per heavy atom. The molecule has 2 aromatic heterocycles. The second-order valence-electron chi connectivity index (χ2n) is 2.78. The number of nitrogens with zero attached hydrogens (tertiary/aromatic N) is 2. The van der Waals surface area contributed by atoms with Crippen molar-refractivity contribution in [2.45, 2.75) is 13.8 Å². The quantitative estimate of drug-likeness (QED) is 0.655. The van der Waals surface area contributed by atoms with Gasteiger partial charge >= 0.3 is 29.6 Å². The number of fused-ring (bicyclic) bond motifs is 1. The van der Waals surface area contributed by atoms with Gasteiger partial charge in [0.05, 0.1) is 11.4 Å². The zero-order chi connectivity index (χ0) is 8.72. The Morgan fingerprint density at radius 1 is 1.31 bits per heavy atom. The van der Waals surface area contributed by atoms with Gasteiger partial charge in [-0.3, -0.25) is 0 Å². The maximum absolute atomic E-state index is 5.79. The fourth-order valence-corrected chi connectivity index (χ4v) is 2.02. The first-order valence-electron chi connectivity index (χ1n) is 3.66. The molecule has 0 saturated carbocycles. The summed E-state index contributed by atoms with van der Waals surface area (Å²) >= 11 is 1.54. The van der Waals surface area contributed by atoms with Crippen LogP contribution < -0.4 is 5.73 Å². The van der Waals surface area contributed by atoms with Crippen molar-refractivity contribution >= 4 is 56.8 Å². The number of hydrogen-bond donors (Lipinski definition) is 1. The summed E-state index contributed by atoms with van der Waals surface area (Å²) in [7, 11) is 0. The number of aromatic nitrogens is 2. The van der Waals surface area contributed by atoms with Crippen LogP contribution in [0.4, 0.5) is 5.69 Å². The van der Waals surface area contributed by atoms with E-state index in [4.69, 9.17) is 5.73 Å². The van der Waals surface area contributed by atoms with Crippen molar-refractivity contribution in [3.05, 3.63) is 16.6 Å². The van der Waals surface area contributed by atoms with Crippen molar-refractivity contribution in [3.63, 3.8) is 0 Å². The fourth-order valence-electron chi connectivity index (χ4n) is 1.19. The van der Waals surface area contributed by atoms with Crippen molar-refractivity contribution in [1.29, 1.82) is 0 Å². The zero-order valence-corrected chi connectivity index (χ0v) is 7.77. The van der Waals surface area contributed by atoms with E-state index in [0.717, 1.165) is 27.2 Å². The molecule has 0 fully saturated rings. The molecule has 0 aliphatic rings. The molecule has 0 bridgehead atoms. The molecule has 2 N–H and O–H groups in total. The van der Waals surface area contributed by atoms with Crippen molar-refractivity contribution < 1.29 is 0 Å². The first kappa shape index (κ1) is 10.9. The number of hydrogen-bond acceptors (Lipinski definition) is 4. The molecule has 2 heterocycles. The van der Waals surface area contributed by atoms with Gasteiger partial charge in [0.25, 0.3) is 0 Å². The summed E-state index contributed by atoms with van der Waals surface area (Å²) in [6.45, 7) is 3.97. The van der Waals surface area contributed by atoms with E-state index >= 15 is 0 Å². The fraction of sp³-hybridized carbons (Fsp3) is 0.250.